The molecule has 6 heteroatoms. The zero-order valence-electron chi connectivity index (χ0n) is 11.2. The molecule has 20 heavy (non-hydrogen) atoms. The summed E-state index contributed by atoms with van der Waals surface area (Å²) in [7, 11) is 0. The van der Waals surface area contributed by atoms with Crippen molar-refractivity contribution in [1.29, 1.82) is 0 Å². The second-order valence-corrected chi connectivity index (χ2v) is 4.58. The number of carbonyl (C=O) groups is 1. The molecule has 5 nitrogen and oxygen atoms in total. The van der Waals surface area contributed by atoms with Gasteiger partial charge in [0.05, 0.1) is 12.2 Å². The van der Waals surface area contributed by atoms with Crippen LogP contribution in [-0.2, 0) is 13.0 Å². The third-order valence-electron chi connectivity index (χ3n) is 3.05. The second-order valence-electron chi connectivity index (χ2n) is 4.58. The van der Waals surface area contributed by atoms with Gasteiger partial charge in [-0.1, -0.05) is 30.7 Å². The van der Waals surface area contributed by atoms with Gasteiger partial charge in [0.15, 0.2) is 5.69 Å². The van der Waals surface area contributed by atoms with E-state index in [1.807, 2.05) is 6.92 Å². The molecule has 0 saturated carbocycles. The highest BCUT2D eigenvalue weighted by Crippen LogP contribution is 2.13. The fraction of sp³-hybridized carbons (Fsp3) is 0.357. The van der Waals surface area contributed by atoms with Gasteiger partial charge >= 0.3 is 5.97 Å². The van der Waals surface area contributed by atoms with Gasteiger partial charge in [-0.05, 0) is 30.5 Å². The number of hydrogen-bond donors (Lipinski definition) is 1. The Balaban J connectivity index is 2.26. The van der Waals surface area contributed by atoms with E-state index in [4.69, 9.17) is 5.11 Å². The fourth-order valence-corrected chi connectivity index (χ4v) is 1.98. The molecule has 0 aliphatic rings. The summed E-state index contributed by atoms with van der Waals surface area (Å²) in [5.74, 6) is -1.37. The molecule has 0 amide bonds. The minimum Gasteiger partial charge on any atom is -0.476 e. The van der Waals surface area contributed by atoms with Crippen LogP contribution in [0.1, 0.15) is 41.5 Å². The SMILES string of the molecule is CCCCc1c(C(=O)O)nnn1Cc1ccc(F)cc1. The number of rotatable bonds is 6. The van der Waals surface area contributed by atoms with E-state index < -0.39 is 5.97 Å². The highest BCUT2D eigenvalue weighted by Gasteiger charge is 2.18. The molecule has 1 N–H and O–H groups in total. The lowest BCUT2D eigenvalue weighted by Crippen LogP contribution is -2.09. The zero-order chi connectivity index (χ0) is 14.5. The third-order valence-corrected chi connectivity index (χ3v) is 3.05. The molecule has 106 valence electrons. The molecule has 0 unspecified atom stereocenters. The molecule has 0 spiro atoms. The number of nitrogens with zero attached hydrogens (tertiary/aromatic N) is 3. The first-order valence-electron chi connectivity index (χ1n) is 6.52. The molecule has 0 fully saturated rings. The predicted octanol–water partition coefficient (Wildman–Crippen LogP) is 2.51. The molecule has 0 radical (unpaired) electrons. The Labute approximate surface area is 116 Å². The van der Waals surface area contributed by atoms with Crippen LogP contribution in [0.5, 0.6) is 0 Å². The predicted molar refractivity (Wildman–Crippen MR) is 71.1 cm³/mol. The number of benzene rings is 1. The van der Waals surface area contributed by atoms with Crippen LogP contribution in [0.2, 0.25) is 0 Å². The summed E-state index contributed by atoms with van der Waals surface area (Å²) in [5, 5.41) is 16.7. The number of aromatic carboxylic acids is 1. The molecule has 0 aliphatic carbocycles. The number of hydrogen-bond acceptors (Lipinski definition) is 3. The first kappa shape index (κ1) is 14.2. The number of halogens is 1. The van der Waals surface area contributed by atoms with Crippen LogP contribution >= 0.6 is 0 Å². The normalized spacial score (nSPS) is 10.7. The molecule has 2 rings (SSSR count). The van der Waals surface area contributed by atoms with Gasteiger partial charge in [-0.3, -0.25) is 0 Å². The number of carboxylic acids is 1. The number of carboxylic acid groups (broad SMARTS) is 1. The average molecular weight is 277 g/mol. The van der Waals surface area contributed by atoms with Crippen molar-refractivity contribution in [2.24, 2.45) is 0 Å². The maximum Gasteiger partial charge on any atom is 0.358 e. The van der Waals surface area contributed by atoms with E-state index in [0.717, 1.165) is 18.4 Å². The Morgan fingerprint density at radius 2 is 2.05 bits per heavy atom. The van der Waals surface area contributed by atoms with E-state index in [-0.39, 0.29) is 11.5 Å². The third kappa shape index (κ3) is 3.20. The van der Waals surface area contributed by atoms with Gasteiger partial charge in [-0.25, -0.2) is 13.9 Å². The van der Waals surface area contributed by atoms with Crippen molar-refractivity contribution in [3.8, 4) is 0 Å². The van der Waals surface area contributed by atoms with Gasteiger partial charge in [0, 0.05) is 0 Å². The minimum atomic E-state index is -1.07. The summed E-state index contributed by atoms with van der Waals surface area (Å²) in [5.41, 5.74) is 1.47. The Kier molecular flexibility index (Phi) is 4.45. The topological polar surface area (TPSA) is 68.0 Å². The van der Waals surface area contributed by atoms with Crippen molar-refractivity contribution in [3.05, 3.63) is 47.0 Å². The van der Waals surface area contributed by atoms with Crippen LogP contribution in [-0.4, -0.2) is 26.1 Å². The van der Waals surface area contributed by atoms with Crippen LogP contribution in [0, 0.1) is 5.82 Å². The van der Waals surface area contributed by atoms with E-state index in [1.165, 1.54) is 12.1 Å². The van der Waals surface area contributed by atoms with Gasteiger partial charge < -0.3 is 5.11 Å². The van der Waals surface area contributed by atoms with E-state index in [1.54, 1.807) is 16.8 Å². The molecular formula is C14H16FN3O2. The molecule has 1 heterocycles. The Morgan fingerprint density at radius 3 is 2.65 bits per heavy atom. The van der Waals surface area contributed by atoms with Crippen molar-refractivity contribution >= 4 is 5.97 Å². The lowest BCUT2D eigenvalue weighted by molar-refractivity contribution is 0.0689. The Morgan fingerprint density at radius 1 is 1.35 bits per heavy atom. The van der Waals surface area contributed by atoms with E-state index in [9.17, 15) is 9.18 Å². The highest BCUT2D eigenvalue weighted by atomic mass is 19.1. The largest absolute Gasteiger partial charge is 0.476 e. The first-order valence-corrected chi connectivity index (χ1v) is 6.52. The monoisotopic (exact) mass is 277 g/mol. The maximum absolute atomic E-state index is 12.9. The minimum absolute atomic E-state index is 0.000520. The van der Waals surface area contributed by atoms with Gasteiger partial charge in [0.1, 0.15) is 5.82 Å². The molecule has 0 bridgehead atoms. The summed E-state index contributed by atoms with van der Waals surface area (Å²) in [6.45, 7) is 2.42. The van der Waals surface area contributed by atoms with Gasteiger partial charge in [0.25, 0.3) is 0 Å². The van der Waals surface area contributed by atoms with Crippen molar-refractivity contribution < 1.29 is 14.3 Å². The van der Waals surface area contributed by atoms with Crippen LogP contribution in [0.3, 0.4) is 0 Å². The second kappa shape index (κ2) is 6.27. The smallest absolute Gasteiger partial charge is 0.358 e. The molecule has 2 aromatic rings. The Bertz CT molecular complexity index is 593. The summed E-state index contributed by atoms with van der Waals surface area (Å²) < 4.78 is 14.4. The van der Waals surface area contributed by atoms with Crippen molar-refractivity contribution in [3.63, 3.8) is 0 Å². The summed E-state index contributed by atoms with van der Waals surface area (Å²) in [4.78, 5) is 11.1. The average Bonchev–Trinajstić information content (AvgIpc) is 2.82. The van der Waals surface area contributed by atoms with Crippen molar-refractivity contribution in [2.45, 2.75) is 32.7 Å². The van der Waals surface area contributed by atoms with Crippen molar-refractivity contribution in [1.82, 2.24) is 15.0 Å². The van der Waals surface area contributed by atoms with Gasteiger partial charge in [0.2, 0.25) is 0 Å². The number of aromatic nitrogens is 3. The van der Waals surface area contributed by atoms with Crippen LogP contribution in [0.4, 0.5) is 4.39 Å². The molecule has 0 saturated heterocycles. The molecule has 1 aromatic heterocycles. The fourth-order valence-electron chi connectivity index (χ4n) is 1.98. The van der Waals surface area contributed by atoms with Crippen LogP contribution in [0.25, 0.3) is 0 Å². The van der Waals surface area contributed by atoms with Crippen LogP contribution < -0.4 is 0 Å². The quantitative estimate of drug-likeness (QED) is 0.881. The maximum atomic E-state index is 12.9. The summed E-state index contributed by atoms with van der Waals surface area (Å²) in [6, 6.07) is 6.05. The molecule has 0 aliphatic heterocycles. The van der Waals surface area contributed by atoms with E-state index >= 15 is 0 Å². The van der Waals surface area contributed by atoms with Crippen LogP contribution in [0.15, 0.2) is 24.3 Å². The van der Waals surface area contributed by atoms with Crippen molar-refractivity contribution in [2.75, 3.05) is 0 Å². The Hall–Kier alpha value is -2.24. The van der Waals surface area contributed by atoms with Gasteiger partial charge in [-0.15, -0.1) is 5.10 Å². The molecule has 0 atom stereocenters. The van der Waals surface area contributed by atoms with Gasteiger partial charge in [-0.2, -0.15) is 0 Å². The number of unbranched alkanes of at least 4 members (excludes halogenated alkanes) is 1. The van der Waals surface area contributed by atoms with E-state index in [2.05, 4.69) is 10.3 Å². The lowest BCUT2D eigenvalue weighted by Gasteiger charge is -2.06. The first-order chi connectivity index (χ1) is 9.61. The summed E-state index contributed by atoms with van der Waals surface area (Å²) >= 11 is 0. The summed E-state index contributed by atoms with van der Waals surface area (Å²) in [6.07, 6.45) is 2.45. The lowest BCUT2D eigenvalue weighted by atomic mass is 10.1. The zero-order valence-corrected chi connectivity index (χ0v) is 11.2. The molecular weight excluding hydrogens is 261 g/mol. The standard InChI is InChI=1S/C14H16FN3O2/c1-2-3-4-12-13(14(19)20)16-17-18(12)9-10-5-7-11(15)8-6-10/h5-8H,2-4,9H2,1H3,(H,19,20). The van der Waals surface area contributed by atoms with E-state index in [0.29, 0.717) is 18.7 Å². The molecule has 1 aromatic carbocycles. The highest BCUT2D eigenvalue weighted by molar-refractivity contribution is 5.86.